The summed E-state index contributed by atoms with van der Waals surface area (Å²) >= 11 is 0. The van der Waals surface area contributed by atoms with Gasteiger partial charge in [0.2, 0.25) is 0 Å². The fourth-order valence-electron chi connectivity index (χ4n) is 1.41. The number of carboxylic acid groups (broad SMARTS) is 1. The van der Waals surface area contributed by atoms with E-state index in [4.69, 9.17) is 9.84 Å². The summed E-state index contributed by atoms with van der Waals surface area (Å²) in [6, 6.07) is 3.69. The summed E-state index contributed by atoms with van der Waals surface area (Å²) in [7, 11) is 0. The summed E-state index contributed by atoms with van der Waals surface area (Å²) in [6.07, 6.45) is -2.53. The maximum Gasteiger partial charge on any atom is 0.412 e. The Bertz CT molecular complexity index is 520. The number of aromatic hydroxyl groups is 1. The minimum Gasteiger partial charge on any atom is -0.507 e. The summed E-state index contributed by atoms with van der Waals surface area (Å²) in [6.45, 7) is 5.11. The van der Waals surface area contributed by atoms with Crippen molar-refractivity contribution >= 4 is 17.7 Å². The van der Waals surface area contributed by atoms with Crippen molar-refractivity contribution in [2.75, 3.05) is 5.32 Å². The van der Waals surface area contributed by atoms with Crippen LogP contribution in [0.5, 0.6) is 5.75 Å². The van der Waals surface area contributed by atoms with Crippen molar-refractivity contribution in [1.29, 1.82) is 0 Å². The number of benzene rings is 1. The van der Waals surface area contributed by atoms with E-state index in [-0.39, 0.29) is 11.3 Å². The number of aliphatic carboxylic acids is 1. The molecular weight excluding hydrogens is 266 g/mol. The molecule has 1 aromatic carbocycles. The van der Waals surface area contributed by atoms with Gasteiger partial charge in [0.25, 0.3) is 0 Å². The highest BCUT2D eigenvalue weighted by molar-refractivity contribution is 5.85. The summed E-state index contributed by atoms with van der Waals surface area (Å²) in [5, 5.41) is 30.0. The molecular formula is C13H17NO6. The lowest BCUT2D eigenvalue weighted by Crippen LogP contribution is -2.27. The normalized spacial score (nSPS) is 12.6. The van der Waals surface area contributed by atoms with E-state index in [0.717, 1.165) is 6.07 Å². The van der Waals surface area contributed by atoms with Crippen molar-refractivity contribution in [3.8, 4) is 5.75 Å². The number of aliphatic hydroxyl groups is 1. The quantitative estimate of drug-likeness (QED) is 0.672. The van der Waals surface area contributed by atoms with Crippen molar-refractivity contribution in [2.24, 2.45) is 0 Å². The van der Waals surface area contributed by atoms with Gasteiger partial charge in [0.05, 0.1) is 0 Å². The van der Waals surface area contributed by atoms with E-state index in [1.807, 2.05) is 0 Å². The van der Waals surface area contributed by atoms with Gasteiger partial charge in [-0.05, 0) is 26.8 Å². The number of hydrogen-bond donors (Lipinski definition) is 4. The number of carbonyl (C=O) groups is 2. The molecule has 0 aliphatic rings. The first-order valence-electron chi connectivity index (χ1n) is 5.84. The maximum absolute atomic E-state index is 11.5. The van der Waals surface area contributed by atoms with Gasteiger partial charge in [-0.3, -0.25) is 5.32 Å². The summed E-state index contributed by atoms with van der Waals surface area (Å²) < 4.78 is 5.02. The number of phenolic OH excluding ortho intramolecular Hbond substituents is 1. The molecule has 0 saturated heterocycles. The second kappa shape index (κ2) is 5.79. The molecule has 1 rings (SSSR count). The Hall–Kier alpha value is -2.28. The number of nitrogens with one attached hydrogen (secondary N) is 1. The Morgan fingerprint density at radius 3 is 2.35 bits per heavy atom. The Kier molecular flexibility index (Phi) is 4.57. The van der Waals surface area contributed by atoms with Crippen molar-refractivity contribution in [3.05, 3.63) is 23.8 Å². The van der Waals surface area contributed by atoms with Crippen LogP contribution in [0.15, 0.2) is 18.2 Å². The lowest BCUT2D eigenvalue weighted by molar-refractivity contribution is -0.147. The molecule has 4 N–H and O–H groups in total. The molecule has 7 nitrogen and oxygen atoms in total. The third-order valence-electron chi connectivity index (χ3n) is 2.20. The third kappa shape index (κ3) is 4.43. The van der Waals surface area contributed by atoms with Gasteiger partial charge in [0.1, 0.15) is 11.4 Å². The van der Waals surface area contributed by atoms with Crippen LogP contribution in [-0.2, 0) is 9.53 Å². The minimum atomic E-state index is -1.83. The van der Waals surface area contributed by atoms with Gasteiger partial charge >= 0.3 is 12.1 Å². The van der Waals surface area contributed by atoms with Gasteiger partial charge in [-0.15, -0.1) is 0 Å². The zero-order chi connectivity index (χ0) is 15.5. The van der Waals surface area contributed by atoms with Gasteiger partial charge < -0.3 is 20.1 Å². The molecule has 1 unspecified atom stereocenters. The molecule has 1 amide bonds. The van der Waals surface area contributed by atoms with Gasteiger partial charge in [0.15, 0.2) is 6.10 Å². The number of carboxylic acids is 1. The monoisotopic (exact) mass is 283 g/mol. The molecule has 0 saturated carbocycles. The van der Waals surface area contributed by atoms with E-state index in [0.29, 0.717) is 0 Å². The van der Waals surface area contributed by atoms with Crippen molar-refractivity contribution in [1.82, 2.24) is 0 Å². The number of aliphatic hydroxyl groups excluding tert-OH is 1. The highest BCUT2D eigenvalue weighted by Crippen LogP contribution is 2.27. The third-order valence-corrected chi connectivity index (χ3v) is 2.20. The van der Waals surface area contributed by atoms with Crippen molar-refractivity contribution in [2.45, 2.75) is 32.5 Å². The average molecular weight is 283 g/mol. The predicted molar refractivity (Wildman–Crippen MR) is 70.6 cm³/mol. The van der Waals surface area contributed by atoms with E-state index in [2.05, 4.69) is 5.32 Å². The Labute approximate surface area is 115 Å². The first-order valence-corrected chi connectivity index (χ1v) is 5.84. The fraction of sp³-hybridized carbons (Fsp3) is 0.385. The standard InChI is InChI=1S/C13H17NO6/c1-13(2,3)20-12(19)14-7-4-5-8(9(15)6-7)10(16)11(17)18/h4-6,10,15-16H,1-3H3,(H,14,19)(H,17,18). The van der Waals surface area contributed by atoms with E-state index >= 15 is 0 Å². The van der Waals surface area contributed by atoms with Crippen LogP contribution in [-0.4, -0.2) is 33.0 Å². The van der Waals surface area contributed by atoms with Crippen LogP contribution in [0.25, 0.3) is 0 Å². The van der Waals surface area contributed by atoms with Crippen molar-refractivity contribution < 1.29 is 29.6 Å². The highest BCUT2D eigenvalue weighted by atomic mass is 16.6. The number of anilines is 1. The summed E-state index contributed by atoms with van der Waals surface area (Å²) in [5.74, 6) is -1.92. The van der Waals surface area contributed by atoms with Crippen LogP contribution >= 0.6 is 0 Å². The molecule has 1 atom stereocenters. The first-order chi connectivity index (χ1) is 9.10. The van der Waals surface area contributed by atoms with Crippen LogP contribution < -0.4 is 5.32 Å². The molecule has 0 aliphatic heterocycles. The smallest absolute Gasteiger partial charge is 0.412 e. The van der Waals surface area contributed by atoms with E-state index in [9.17, 15) is 19.8 Å². The number of carbonyl (C=O) groups excluding carboxylic acids is 1. The molecule has 0 spiro atoms. The SMILES string of the molecule is CC(C)(C)OC(=O)Nc1ccc(C(O)C(=O)O)c(O)c1. The van der Waals surface area contributed by atoms with Gasteiger partial charge in [0, 0.05) is 17.3 Å². The van der Waals surface area contributed by atoms with E-state index in [1.54, 1.807) is 20.8 Å². The summed E-state index contributed by atoms with van der Waals surface area (Å²) in [4.78, 5) is 22.1. The zero-order valence-corrected chi connectivity index (χ0v) is 11.4. The van der Waals surface area contributed by atoms with E-state index < -0.39 is 29.5 Å². The van der Waals surface area contributed by atoms with Gasteiger partial charge in [-0.2, -0.15) is 0 Å². The highest BCUT2D eigenvalue weighted by Gasteiger charge is 2.21. The maximum atomic E-state index is 11.5. The Balaban J connectivity index is 2.83. The molecule has 1 aromatic rings. The molecule has 0 aromatic heterocycles. The Morgan fingerprint density at radius 1 is 1.30 bits per heavy atom. The average Bonchev–Trinajstić information content (AvgIpc) is 2.25. The van der Waals surface area contributed by atoms with Crippen molar-refractivity contribution in [3.63, 3.8) is 0 Å². The molecule has 0 bridgehead atoms. The lowest BCUT2D eigenvalue weighted by Gasteiger charge is -2.20. The molecule has 7 heteroatoms. The lowest BCUT2D eigenvalue weighted by atomic mass is 10.1. The molecule has 0 aliphatic carbocycles. The number of hydrogen-bond acceptors (Lipinski definition) is 5. The molecule has 0 heterocycles. The molecule has 0 fully saturated rings. The topological polar surface area (TPSA) is 116 Å². The molecule has 110 valence electrons. The van der Waals surface area contributed by atoms with Crippen LogP contribution in [0, 0.1) is 0 Å². The van der Waals surface area contributed by atoms with E-state index in [1.165, 1.54) is 12.1 Å². The fourth-order valence-corrected chi connectivity index (χ4v) is 1.41. The number of phenols is 1. The first kappa shape index (κ1) is 15.8. The number of ether oxygens (including phenoxy) is 1. The second-order valence-electron chi connectivity index (χ2n) is 5.14. The second-order valence-corrected chi connectivity index (χ2v) is 5.14. The van der Waals surface area contributed by atoms with Gasteiger partial charge in [-0.1, -0.05) is 6.07 Å². The van der Waals surface area contributed by atoms with Crippen LogP contribution in [0.1, 0.15) is 32.4 Å². The predicted octanol–water partition coefficient (Wildman–Crippen LogP) is 1.86. The molecule has 20 heavy (non-hydrogen) atoms. The van der Waals surface area contributed by atoms with Crippen LogP contribution in [0.4, 0.5) is 10.5 Å². The number of rotatable bonds is 3. The number of amides is 1. The van der Waals surface area contributed by atoms with Crippen LogP contribution in [0.3, 0.4) is 0 Å². The minimum absolute atomic E-state index is 0.160. The Morgan fingerprint density at radius 2 is 1.90 bits per heavy atom. The van der Waals surface area contributed by atoms with Crippen LogP contribution in [0.2, 0.25) is 0 Å². The van der Waals surface area contributed by atoms with Gasteiger partial charge in [-0.25, -0.2) is 9.59 Å². The zero-order valence-electron chi connectivity index (χ0n) is 11.4. The summed E-state index contributed by atoms with van der Waals surface area (Å²) in [5.41, 5.74) is -0.601. The largest absolute Gasteiger partial charge is 0.507 e. The molecule has 0 radical (unpaired) electrons.